The number of hydrogen-bond acceptors (Lipinski definition) is 17. The number of fused-ring (bicyclic) bond motifs is 4. The highest BCUT2D eigenvalue weighted by Crippen LogP contribution is 2.39. The normalized spacial score (nSPS) is 14.6. The average molecular weight is 2010 g/mol. The first kappa shape index (κ1) is 104. The van der Waals surface area contributed by atoms with E-state index < -0.39 is 28.9 Å². The quantitative estimate of drug-likeness (QED) is 0.0335. The van der Waals surface area contributed by atoms with Gasteiger partial charge in [0.15, 0.2) is 34.7 Å². The van der Waals surface area contributed by atoms with Crippen molar-refractivity contribution < 1.29 is 90.5 Å². The van der Waals surface area contributed by atoms with Crippen LogP contribution in [0.5, 0.6) is 0 Å². The van der Waals surface area contributed by atoms with Gasteiger partial charge in [-0.25, -0.2) is 8.78 Å². The molecule has 6 fully saturated rings. The van der Waals surface area contributed by atoms with E-state index in [0.29, 0.717) is 134 Å². The molecule has 0 unspecified atom stereocenters. The molecule has 140 heavy (non-hydrogen) atoms. The van der Waals surface area contributed by atoms with Gasteiger partial charge >= 0.3 is 17.9 Å². The number of nitrogens with one attached hydrogen (secondary N) is 2. The molecule has 0 spiro atoms. The third kappa shape index (κ3) is 26.8. The van der Waals surface area contributed by atoms with Crippen molar-refractivity contribution in [1.82, 2.24) is 28.5 Å². The van der Waals surface area contributed by atoms with Crippen LogP contribution < -0.4 is 25.3 Å². The lowest BCUT2D eigenvalue weighted by Gasteiger charge is -2.23. The fourth-order valence-electron chi connectivity index (χ4n) is 17.3. The number of nitrogens with zero attached hydrogens (tertiary/aromatic N) is 8. The Morgan fingerprint density at radius 1 is 0.457 bits per heavy atom. The van der Waals surface area contributed by atoms with Crippen LogP contribution in [0.4, 0.5) is 31.5 Å². The van der Waals surface area contributed by atoms with Crippen molar-refractivity contribution in [2.75, 3.05) is 52.7 Å². The van der Waals surface area contributed by atoms with Crippen molar-refractivity contribution >= 4 is 188 Å². The van der Waals surface area contributed by atoms with Gasteiger partial charge in [0.05, 0.1) is 12.2 Å². The Morgan fingerprint density at radius 3 is 1.21 bits per heavy atom. The van der Waals surface area contributed by atoms with E-state index >= 15 is 4.39 Å². The Balaban J connectivity index is 0.000000149. The number of carbonyl (C=O) groups is 14. The van der Waals surface area contributed by atoms with Gasteiger partial charge < -0.3 is 63.1 Å². The summed E-state index contributed by atoms with van der Waals surface area (Å²) in [5.41, 5.74) is 8.52. The molecule has 27 nitrogen and oxygen atoms in total. The van der Waals surface area contributed by atoms with Crippen LogP contribution >= 0.6 is 39.1 Å². The number of ketones is 6. The number of ether oxygens (including phenoxy) is 2. The Labute approximate surface area is 827 Å². The van der Waals surface area contributed by atoms with E-state index in [2.05, 4.69) is 26.6 Å². The topological polar surface area (TPSA) is 334 Å². The lowest BCUT2D eigenvalue weighted by Crippen LogP contribution is -2.41. The molecule has 3 aliphatic heterocycles. The van der Waals surface area contributed by atoms with E-state index in [9.17, 15) is 71.5 Å². The predicted octanol–water partition coefficient (Wildman–Crippen LogP) is 20.5. The molecule has 12 aromatic rings. The first-order valence-corrected chi connectivity index (χ1v) is 48.3. The lowest BCUT2D eigenvalue weighted by molar-refractivity contribution is -0.156. The maximum Gasteiger partial charge on any atom is 0.326 e. The molecule has 732 valence electrons. The van der Waals surface area contributed by atoms with E-state index in [-0.39, 0.29) is 127 Å². The number of esters is 2. The minimum Gasteiger partial charge on any atom is -0.480 e. The third-order valence-corrected chi connectivity index (χ3v) is 25.3. The van der Waals surface area contributed by atoms with E-state index in [0.717, 1.165) is 114 Å². The fourth-order valence-corrected chi connectivity index (χ4v) is 18.1. The zero-order chi connectivity index (χ0) is 101. The van der Waals surface area contributed by atoms with Crippen LogP contribution in [0.1, 0.15) is 206 Å². The second-order valence-electron chi connectivity index (χ2n) is 37.5. The molecular formula is C108H113BrCl2F2N10O17. The van der Waals surface area contributed by atoms with Crippen LogP contribution in [-0.4, -0.2) is 166 Å². The standard InChI is InChI=1S/C33H30ClFN4O4.C20H24N2O4.C18H17ClFNO.C16H18BrNO3.C16H16N2O4.C5H8O/c1-20(40)26-17-37(29-14-13-22(16-25(26)29)38-15-5-10-31(38)42)19-32(43)39(21-11-12-21)18-30(41)36-28-9-4-7-24(33(28)35)23-6-2-3-8-27(23)34;1-13(23)16-11-21(12-19(25)26-20(2,3)4)17-8-7-14(10-15(16)17)22-9-5-6-18(22)24;19-17-7-2-1-5-15(17)16-6-3-4-12(18(16)20)10-14(22)11-21-13-8-9-13;1-10(19)13-8-18(9-15(20)21-16(2,3)4)14-6-5-11(17)7-12(13)14;1-10(19)13-8-17(9-16(21)22)14-5-4-11(7-12(13)14)18-6-2-3-15(18)20;6-5-3-1-2-4-5/h2-4,6-9,13-14,16-17,21H,5,10-12,15,18-19H2,1H3,(H,36,41);7-8,10-11H,5-6,9,12H2,1-4H3;1-7,13,21H,8-11H2;5-8H,9H2,1-4H3;4-5,7-8H,2-3,6,9H2,1H3,(H,21,22);1-4H2. The van der Waals surface area contributed by atoms with Crippen molar-refractivity contribution in [3.8, 4) is 22.3 Å². The van der Waals surface area contributed by atoms with E-state index in [4.69, 9.17) is 37.8 Å². The molecule has 8 aromatic carbocycles. The van der Waals surface area contributed by atoms with Crippen LogP contribution in [0.25, 0.3) is 65.9 Å². The minimum atomic E-state index is -0.967. The highest BCUT2D eigenvalue weighted by Gasteiger charge is 2.36. The van der Waals surface area contributed by atoms with Gasteiger partial charge in [-0.3, -0.25) is 67.1 Å². The van der Waals surface area contributed by atoms with E-state index in [1.165, 1.54) is 38.7 Å². The summed E-state index contributed by atoms with van der Waals surface area (Å²) >= 11 is 15.8. The summed E-state index contributed by atoms with van der Waals surface area (Å²) in [6.07, 6.45) is 18.5. The molecule has 0 atom stereocenters. The van der Waals surface area contributed by atoms with Crippen molar-refractivity contribution in [3.05, 3.63) is 236 Å². The zero-order valence-electron chi connectivity index (χ0n) is 79.9. The third-order valence-electron chi connectivity index (χ3n) is 24.2. The second-order valence-corrected chi connectivity index (χ2v) is 39.2. The Kier molecular flexibility index (Phi) is 33.9. The molecule has 3 aliphatic carbocycles. The number of benzene rings is 8. The second kappa shape index (κ2) is 45.7. The lowest BCUT2D eigenvalue weighted by atomic mass is 9.99. The average Bonchev–Trinajstić information content (AvgIpc) is 1.63. The number of rotatable bonds is 26. The SMILES string of the molecule is CC(=O)c1cn(CC(=O)N(CC(=O)Nc2cccc(-c3ccccc3Cl)c2F)C2CC2)c2ccc(N3CCCC3=O)cc12.CC(=O)c1cn(CC(=O)O)c2ccc(N3CCCC3=O)cc12.CC(=O)c1cn(CC(=O)OC(C)(C)C)c2ccc(Br)cc12.CC(=O)c1cn(CC(=O)OC(C)(C)C)c2ccc(N3CCCC3=O)cc12.O=C(CNC1CC1)Cc1cccc(-c2ccccc2Cl)c1F.O=C1CCCC1. The molecule has 0 bridgehead atoms. The molecule has 7 heterocycles. The zero-order valence-corrected chi connectivity index (χ0v) is 83.0. The summed E-state index contributed by atoms with van der Waals surface area (Å²) in [4.78, 5) is 175. The number of aromatic nitrogens is 4. The number of carboxylic acids is 1. The van der Waals surface area contributed by atoms with Gasteiger partial charge in [-0.15, -0.1) is 0 Å². The van der Waals surface area contributed by atoms with E-state index in [1.807, 2.05) is 102 Å². The first-order valence-electron chi connectivity index (χ1n) is 46.7. The van der Waals surface area contributed by atoms with Crippen molar-refractivity contribution in [2.24, 2.45) is 0 Å². The summed E-state index contributed by atoms with van der Waals surface area (Å²) in [5, 5.41) is 18.6. The van der Waals surface area contributed by atoms with Crippen LogP contribution in [0, 0.1) is 11.6 Å². The number of amides is 5. The molecule has 4 aromatic heterocycles. The summed E-state index contributed by atoms with van der Waals surface area (Å²) in [6.45, 7) is 18.8. The largest absolute Gasteiger partial charge is 0.480 e. The van der Waals surface area contributed by atoms with Crippen molar-refractivity contribution in [1.29, 1.82) is 0 Å². The molecule has 0 radical (unpaired) electrons. The summed E-state index contributed by atoms with van der Waals surface area (Å²) in [6, 6.07) is 46.3. The van der Waals surface area contributed by atoms with Crippen LogP contribution in [-0.2, 0) is 90.0 Å². The maximum atomic E-state index is 15.4. The number of carboxylic acid groups (broad SMARTS) is 1. The number of hydrogen-bond donors (Lipinski definition) is 3. The minimum absolute atomic E-state index is 0.000377. The highest BCUT2D eigenvalue weighted by molar-refractivity contribution is 9.10. The number of anilines is 4. The van der Waals surface area contributed by atoms with Crippen molar-refractivity contribution in [2.45, 2.75) is 215 Å². The van der Waals surface area contributed by atoms with Crippen LogP contribution in [0.3, 0.4) is 0 Å². The van der Waals surface area contributed by atoms with Crippen LogP contribution in [0.2, 0.25) is 10.0 Å². The van der Waals surface area contributed by atoms with Gasteiger partial charge in [-0.1, -0.05) is 106 Å². The number of aliphatic carboxylic acids is 1. The molecule has 32 heteroatoms. The summed E-state index contributed by atoms with van der Waals surface area (Å²) in [7, 11) is 0. The van der Waals surface area contributed by atoms with Gasteiger partial charge in [-0.2, -0.15) is 0 Å². The predicted molar refractivity (Wildman–Crippen MR) is 540 cm³/mol. The van der Waals surface area contributed by atoms with Gasteiger partial charge in [0.1, 0.15) is 55.5 Å². The highest BCUT2D eigenvalue weighted by atomic mass is 79.9. The Morgan fingerprint density at radius 2 is 0.843 bits per heavy atom. The van der Waals surface area contributed by atoms with Gasteiger partial charge in [-0.05, 0) is 224 Å². The maximum absolute atomic E-state index is 15.4. The molecular weight excluding hydrogens is 1900 g/mol. The Bertz CT molecular complexity index is 6840. The first-order chi connectivity index (χ1) is 66.5. The van der Waals surface area contributed by atoms with Gasteiger partial charge in [0.25, 0.3) is 0 Å². The van der Waals surface area contributed by atoms with E-state index in [1.54, 1.807) is 149 Å². The van der Waals surface area contributed by atoms with Crippen molar-refractivity contribution in [3.63, 3.8) is 0 Å². The number of carbonyl (C=O) groups excluding carboxylic acids is 13. The smallest absolute Gasteiger partial charge is 0.326 e. The molecule has 5 amide bonds. The van der Waals surface area contributed by atoms with Gasteiger partial charge in [0.2, 0.25) is 29.5 Å². The van der Waals surface area contributed by atoms with Crippen LogP contribution in [0.15, 0.2) is 187 Å². The fraction of sp³-hybridized carbons (Fsp3) is 0.352. The monoisotopic (exact) mass is 2010 g/mol. The molecule has 3 saturated heterocycles. The van der Waals surface area contributed by atoms with Gasteiger partial charge in [0, 0.05) is 215 Å². The molecule has 18 rings (SSSR count). The molecule has 6 aliphatic rings. The summed E-state index contributed by atoms with van der Waals surface area (Å²) in [5.74, 6) is -3.13. The molecule has 3 N–H and O–H groups in total. The number of Topliss-reactive ketones (excluding diaryl/α,β-unsaturated/α-hetero) is 6. The molecule has 3 saturated carbocycles. The Hall–Kier alpha value is -13.4. The number of halogens is 5. The summed E-state index contributed by atoms with van der Waals surface area (Å²) < 4.78 is 48.4.